The molecule has 3 aromatic rings. The van der Waals surface area contributed by atoms with Crippen LogP contribution in [0.4, 0.5) is 0 Å². The standard InChI is InChI=1S/C23H27N3O2/c1-25-14-15-26(20(17-25)18-8-3-2-4-9-18)13-7-12-24-23(27)22-16-19-10-5-6-11-21(19)28-22/h2-6,8-11,16,20H,7,12-15,17H2,1H3,(H,24,27)/t20-/m1/s1. The average Bonchev–Trinajstić information content (AvgIpc) is 3.17. The van der Waals surface area contributed by atoms with Crippen LogP contribution < -0.4 is 5.32 Å². The molecular weight excluding hydrogens is 350 g/mol. The zero-order valence-electron chi connectivity index (χ0n) is 16.3. The Kier molecular flexibility index (Phi) is 5.74. The molecule has 0 radical (unpaired) electrons. The van der Waals surface area contributed by atoms with Crippen molar-refractivity contribution in [1.29, 1.82) is 0 Å². The number of rotatable bonds is 6. The Labute approximate surface area is 165 Å². The second-order valence-corrected chi connectivity index (χ2v) is 7.48. The minimum atomic E-state index is -0.144. The monoisotopic (exact) mass is 377 g/mol. The molecule has 0 spiro atoms. The summed E-state index contributed by atoms with van der Waals surface area (Å²) in [6, 6.07) is 20.6. The molecule has 5 heteroatoms. The molecule has 0 aliphatic carbocycles. The normalized spacial score (nSPS) is 18.4. The predicted molar refractivity (Wildman–Crippen MR) is 111 cm³/mol. The molecule has 1 aromatic heterocycles. The number of fused-ring (bicyclic) bond motifs is 1. The van der Waals surface area contributed by atoms with E-state index in [1.54, 1.807) is 6.07 Å². The van der Waals surface area contributed by atoms with Gasteiger partial charge in [0.25, 0.3) is 5.91 Å². The van der Waals surface area contributed by atoms with Crippen LogP contribution in [0.25, 0.3) is 11.0 Å². The summed E-state index contributed by atoms with van der Waals surface area (Å²) >= 11 is 0. The van der Waals surface area contributed by atoms with Gasteiger partial charge >= 0.3 is 0 Å². The number of hydrogen-bond donors (Lipinski definition) is 1. The lowest BCUT2D eigenvalue weighted by molar-refractivity contribution is 0.0858. The third-order valence-corrected chi connectivity index (χ3v) is 5.44. The number of para-hydroxylation sites is 1. The lowest BCUT2D eigenvalue weighted by Gasteiger charge is -2.40. The third-order valence-electron chi connectivity index (χ3n) is 5.44. The van der Waals surface area contributed by atoms with Crippen molar-refractivity contribution in [3.8, 4) is 0 Å². The first-order chi connectivity index (χ1) is 13.7. The van der Waals surface area contributed by atoms with Crippen LogP contribution in [0.15, 0.2) is 65.1 Å². The van der Waals surface area contributed by atoms with Crippen molar-refractivity contribution < 1.29 is 9.21 Å². The van der Waals surface area contributed by atoms with Crippen LogP contribution in [0.5, 0.6) is 0 Å². The van der Waals surface area contributed by atoms with Gasteiger partial charge in [-0.1, -0.05) is 48.5 Å². The molecule has 5 nitrogen and oxygen atoms in total. The fraction of sp³-hybridized carbons (Fsp3) is 0.348. The van der Waals surface area contributed by atoms with Crippen LogP contribution in [-0.4, -0.2) is 55.5 Å². The number of nitrogens with one attached hydrogen (secondary N) is 1. The summed E-state index contributed by atoms with van der Waals surface area (Å²) in [5, 5.41) is 3.95. The van der Waals surface area contributed by atoms with Crippen molar-refractivity contribution in [3.05, 3.63) is 72.0 Å². The molecule has 28 heavy (non-hydrogen) atoms. The lowest BCUT2D eigenvalue weighted by Crippen LogP contribution is -2.47. The van der Waals surface area contributed by atoms with E-state index in [9.17, 15) is 4.79 Å². The summed E-state index contributed by atoms with van der Waals surface area (Å²) in [6.07, 6.45) is 0.916. The minimum absolute atomic E-state index is 0.144. The highest BCUT2D eigenvalue weighted by Gasteiger charge is 2.26. The number of hydrogen-bond acceptors (Lipinski definition) is 4. The van der Waals surface area contributed by atoms with Gasteiger partial charge < -0.3 is 14.6 Å². The largest absolute Gasteiger partial charge is 0.451 e. The average molecular weight is 377 g/mol. The maximum absolute atomic E-state index is 12.4. The van der Waals surface area contributed by atoms with E-state index in [1.165, 1.54) is 5.56 Å². The molecule has 1 fully saturated rings. The Balaban J connectivity index is 1.30. The number of carbonyl (C=O) groups is 1. The van der Waals surface area contributed by atoms with Gasteiger partial charge in [0, 0.05) is 44.2 Å². The molecule has 1 saturated heterocycles. The van der Waals surface area contributed by atoms with Crippen molar-refractivity contribution in [2.45, 2.75) is 12.5 Å². The topological polar surface area (TPSA) is 48.7 Å². The van der Waals surface area contributed by atoms with Crippen molar-refractivity contribution in [3.63, 3.8) is 0 Å². The fourth-order valence-electron chi connectivity index (χ4n) is 3.88. The zero-order valence-corrected chi connectivity index (χ0v) is 16.3. The van der Waals surface area contributed by atoms with Gasteiger partial charge in [0.15, 0.2) is 5.76 Å². The number of benzene rings is 2. The molecule has 1 aliphatic rings. The number of nitrogens with zero attached hydrogens (tertiary/aromatic N) is 2. The second-order valence-electron chi connectivity index (χ2n) is 7.48. The number of amides is 1. The zero-order chi connectivity index (χ0) is 19.3. The maximum Gasteiger partial charge on any atom is 0.287 e. The van der Waals surface area contributed by atoms with Crippen LogP contribution >= 0.6 is 0 Å². The predicted octanol–water partition coefficient (Wildman–Crippen LogP) is 3.54. The van der Waals surface area contributed by atoms with Crippen molar-refractivity contribution >= 4 is 16.9 Å². The molecule has 0 unspecified atom stereocenters. The van der Waals surface area contributed by atoms with E-state index in [-0.39, 0.29) is 5.91 Å². The Morgan fingerprint density at radius 3 is 2.71 bits per heavy atom. The van der Waals surface area contributed by atoms with Crippen LogP contribution in [0.3, 0.4) is 0 Å². The van der Waals surface area contributed by atoms with E-state index in [4.69, 9.17) is 4.42 Å². The number of furan rings is 1. The molecular formula is C23H27N3O2. The second kappa shape index (κ2) is 8.59. The SMILES string of the molecule is CN1CCN(CCCNC(=O)c2cc3ccccc3o2)[C@@H](c2ccccc2)C1. The summed E-state index contributed by atoms with van der Waals surface area (Å²) in [7, 11) is 2.18. The molecule has 146 valence electrons. The molecule has 1 atom stereocenters. The van der Waals surface area contributed by atoms with Gasteiger partial charge in [-0.2, -0.15) is 0 Å². The summed E-state index contributed by atoms with van der Waals surface area (Å²) in [4.78, 5) is 17.3. The van der Waals surface area contributed by atoms with Crippen molar-refractivity contribution in [2.24, 2.45) is 0 Å². The highest BCUT2D eigenvalue weighted by molar-refractivity contribution is 5.96. The first-order valence-electron chi connectivity index (χ1n) is 9.95. The van der Waals surface area contributed by atoms with Crippen LogP contribution in [0, 0.1) is 0 Å². The molecule has 2 heterocycles. The number of piperazine rings is 1. The van der Waals surface area contributed by atoms with Crippen LogP contribution in [0.1, 0.15) is 28.6 Å². The summed E-state index contributed by atoms with van der Waals surface area (Å²) in [6.45, 7) is 4.77. The van der Waals surface area contributed by atoms with E-state index < -0.39 is 0 Å². The van der Waals surface area contributed by atoms with Gasteiger partial charge in [-0.05, 0) is 31.2 Å². The summed E-state index contributed by atoms with van der Waals surface area (Å²) < 4.78 is 5.64. The maximum atomic E-state index is 12.4. The van der Waals surface area contributed by atoms with Crippen LogP contribution in [-0.2, 0) is 0 Å². The summed E-state index contributed by atoms with van der Waals surface area (Å²) in [5.74, 6) is 0.233. The Bertz CT molecular complexity index is 889. The number of likely N-dealkylation sites (N-methyl/N-ethyl adjacent to an activating group) is 1. The van der Waals surface area contributed by atoms with Crippen LogP contribution in [0.2, 0.25) is 0 Å². The highest BCUT2D eigenvalue weighted by Crippen LogP contribution is 2.24. The molecule has 1 amide bonds. The molecule has 2 aromatic carbocycles. The Hall–Kier alpha value is -2.63. The van der Waals surface area contributed by atoms with Gasteiger partial charge in [-0.25, -0.2) is 0 Å². The summed E-state index contributed by atoms with van der Waals surface area (Å²) in [5.41, 5.74) is 2.11. The van der Waals surface area contributed by atoms with Crippen molar-refractivity contribution in [2.75, 3.05) is 39.8 Å². The van der Waals surface area contributed by atoms with Gasteiger partial charge in [0.05, 0.1) is 0 Å². The van der Waals surface area contributed by atoms with Gasteiger partial charge in [-0.3, -0.25) is 9.69 Å². The van der Waals surface area contributed by atoms with E-state index in [0.717, 1.165) is 43.6 Å². The van der Waals surface area contributed by atoms with E-state index in [2.05, 4.69) is 52.5 Å². The first kappa shape index (κ1) is 18.7. The fourth-order valence-corrected chi connectivity index (χ4v) is 3.88. The molecule has 0 bridgehead atoms. The molecule has 1 N–H and O–H groups in total. The smallest absolute Gasteiger partial charge is 0.287 e. The van der Waals surface area contributed by atoms with E-state index >= 15 is 0 Å². The van der Waals surface area contributed by atoms with Gasteiger partial charge in [0.1, 0.15) is 5.58 Å². The molecule has 4 rings (SSSR count). The Morgan fingerprint density at radius 2 is 1.89 bits per heavy atom. The van der Waals surface area contributed by atoms with E-state index in [1.807, 2.05) is 24.3 Å². The van der Waals surface area contributed by atoms with E-state index in [0.29, 0.717) is 18.3 Å². The van der Waals surface area contributed by atoms with Gasteiger partial charge in [-0.15, -0.1) is 0 Å². The molecule has 0 saturated carbocycles. The van der Waals surface area contributed by atoms with Crippen molar-refractivity contribution in [1.82, 2.24) is 15.1 Å². The quantitative estimate of drug-likeness (QED) is 0.668. The minimum Gasteiger partial charge on any atom is -0.451 e. The molecule has 1 aliphatic heterocycles. The van der Waals surface area contributed by atoms with Gasteiger partial charge in [0.2, 0.25) is 0 Å². The number of carbonyl (C=O) groups excluding carboxylic acids is 1. The lowest BCUT2D eigenvalue weighted by atomic mass is 10.0. The third kappa shape index (κ3) is 4.26. The highest BCUT2D eigenvalue weighted by atomic mass is 16.3. The first-order valence-corrected chi connectivity index (χ1v) is 9.95. The Morgan fingerprint density at radius 1 is 1.11 bits per heavy atom.